The Hall–Kier alpha value is -1.17. The highest BCUT2D eigenvalue weighted by atomic mass is 19.4. The van der Waals surface area contributed by atoms with E-state index in [-0.39, 0.29) is 0 Å². The Balaban J connectivity index is 2.94. The molecule has 0 saturated heterocycles. The first-order valence-corrected chi connectivity index (χ1v) is 3.57. The van der Waals surface area contributed by atoms with Gasteiger partial charge in [0.1, 0.15) is 0 Å². The summed E-state index contributed by atoms with van der Waals surface area (Å²) in [4.78, 5) is 0. The van der Waals surface area contributed by atoms with Crippen molar-refractivity contribution in [3.63, 3.8) is 0 Å². The van der Waals surface area contributed by atoms with E-state index in [0.29, 0.717) is 5.69 Å². The summed E-state index contributed by atoms with van der Waals surface area (Å²) in [5.41, 5.74) is 4.73. The zero-order chi connectivity index (χ0) is 10.1. The van der Waals surface area contributed by atoms with Crippen molar-refractivity contribution in [2.45, 2.75) is 19.1 Å². The van der Waals surface area contributed by atoms with Crippen LogP contribution in [0.25, 0.3) is 0 Å². The molecule has 0 amide bonds. The van der Waals surface area contributed by atoms with Crippen molar-refractivity contribution < 1.29 is 13.2 Å². The quantitative estimate of drug-likeness (QED) is 0.732. The number of nitrogens with two attached hydrogens (primary N) is 1. The fraction of sp³-hybridized carbons (Fsp3) is 0.429. The number of aromatic nitrogens is 2. The first-order valence-electron chi connectivity index (χ1n) is 3.57. The monoisotopic (exact) mass is 191 g/mol. The molecule has 1 aromatic heterocycles. The third kappa shape index (κ3) is 2.38. The molecule has 0 fully saturated rings. The van der Waals surface area contributed by atoms with E-state index in [1.54, 1.807) is 6.92 Å². The average Bonchev–Trinajstić information content (AvgIpc) is 2.03. The molecule has 1 atom stereocenters. The topological polar surface area (TPSA) is 51.8 Å². The number of rotatable bonds is 1. The number of halogens is 3. The van der Waals surface area contributed by atoms with Crippen molar-refractivity contribution in [1.29, 1.82) is 0 Å². The molecule has 0 aliphatic heterocycles. The molecule has 0 aliphatic rings. The van der Waals surface area contributed by atoms with Gasteiger partial charge in [0, 0.05) is 6.04 Å². The molecule has 1 aromatic rings. The standard InChI is InChI=1S/C7H8F3N3/c1-4(11)5-2-3-6(13-12-5)7(8,9)10/h2-4H,11H2,1H3/t4-/m0/s1. The van der Waals surface area contributed by atoms with Crippen LogP contribution >= 0.6 is 0 Å². The van der Waals surface area contributed by atoms with Crippen LogP contribution in [0.15, 0.2) is 12.1 Å². The zero-order valence-electron chi connectivity index (χ0n) is 6.84. The maximum absolute atomic E-state index is 12.0. The van der Waals surface area contributed by atoms with Gasteiger partial charge in [0.25, 0.3) is 0 Å². The van der Waals surface area contributed by atoms with Gasteiger partial charge in [0.2, 0.25) is 0 Å². The molecule has 0 unspecified atom stereocenters. The normalized spacial score (nSPS) is 14.2. The van der Waals surface area contributed by atoms with Gasteiger partial charge in [-0.2, -0.15) is 18.3 Å². The van der Waals surface area contributed by atoms with Gasteiger partial charge in [0.05, 0.1) is 5.69 Å². The fourth-order valence-electron chi connectivity index (χ4n) is 0.737. The molecule has 0 saturated carbocycles. The summed E-state index contributed by atoms with van der Waals surface area (Å²) in [7, 11) is 0. The molecule has 0 radical (unpaired) electrons. The van der Waals surface area contributed by atoms with Gasteiger partial charge in [-0.05, 0) is 19.1 Å². The molecular formula is C7H8F3N3. The van der Waals surface area contributed by atoms with E-state index in [2.05, 4.69) is 10.2 Å². The molecule has 1 rings (SSSR count). The smallest absolute Gasteiger partial charge is 0.323 e. The van der Waals surface area contributed by atoms with E-state index in [4.69, 9.17) is 5.73 Å². The summed E-state index contributed by atoms with van der Waals surface area (Å²) in [5, 5.41) is 6.37. The molecule has 13 heavy (non-hydrogen) atoms. The van der Waals surface area contributed by atoms with E-state index in [9.17, 15) is 13.2 Å². The van der Waals surface area contributed by atoms with Crippen molar-refractivity contribution in [3.05, 3.63) is 23.5 Å². The second kappa shape index (κ2) is 3.29. The number of alkyl halides is 3. The lowest BCUT2D eigenvalue weighted by atomic mass is 10.2. The Bertz CT molecular complexity index is 278. The molecule has 0 bridgehead atoms. The van der Waals surface area contributed by atoms with Crippen LogP contribution in [0.5, 0.6) is 0 Å². The first kappa shape index (κ1) is 9.91. The van der Waals surface area contributed by atoms with Gasteiger partial charge >= 0.3 is 6.18 Å². The largest absolute Gasteiger partial charge is 0.435 e. The minimum absolute atomic E-state index is 0.341. The van der Waals surface area contributed by atoms with Crippen LogP contribution in [0.4, 0.5) is 13.2 Å². The summed E-state index contributed by atoms with van der Waals surface area (Å²) in [5.74, 6) is 0. The van der Waals surface area contributed by atoms with Gasteiger partial charge in [0.15, 0.2) is 5.69 Å². The summed E-state index contributed by atoms with van der Waals surface area (Å²) in [6.07, 6.45) is -4.44. The lowest BCUT2D eigenvalue weighted by Gasteiger charge is -2.06. The SMILES string of the molecule is C[C@H](N)c1ccc(C(F)(F)F)nn1. The molecule has 72 valence electrons. The highest BCUT2D eigenvalue weighted by Crippen LogP contribution is 2.26. The lowest BCUT2D eigenvalue weighted by Crippen LogP contribution is -2.13. The van der Waals surface area contributed by atoms with E-state index < -0.39 is 17.9 Å². The molecular weight excluding hydrogens is 183 g/mol. The molecule has 3 nitrogen and oxygen atoms in total. The fourth-order valence-corrected chi connectivity index (χ4v) is 0.737. The molecule has 1 heterocycles. The molecule has 2 N–H and O–H groups in total. The molecule has 0 spiro atoms. The van der Waals surface area contributed by atoms with Crippen LogP contribution < -0.4 is 5.73 Å². The second-order valence-corrected chi connectivity index (χ2v) is 2.63. The van der Waals surface area contributed by atoms with Crippen molar-refractivity contribution in [2.24, 2.45) is 5.73 Å². The van der Waals surface area contributed by atoms with Gasteiger partial charge in [-0.25, -0.2) is 0 Å². The van der Waals surface area contributed by atoms with E-state index in [0.717, 1.165) is 6.07 Å². The second-order valence-electron chi connectivity index (χ2n) is 2.63. The summed E-state index contributed by atoms with van der Waals surface area (Å²) in [6, 6.07) is 1.68. The zero-order valence-corrected chi connectivity index (χ0v) is 6.84. The minimum Gasteiger partial charge on any atom is -0.323 e. The van der Waals surface area contributed by atoms with E-state index in [1.165, 1.54) is 6.07 Å². The van der Waals surface area contributed by atoms with Gasteiger partial charge in [-0.3, -0.25) is 0 Å². The Morgan fingerprint density at radius 3 is 2.23 bits per heavy atom. The molecule has 0 aliphatic carbocycles. The van der Waals surface area contributed by atoms with Gasteiger partial charge in [-0.15, -0.1) is 5.10 Å². The number of nitrogens with zero attached hydrogens (tertiary/aromatic N) is 2. The third-order valence-electron chi connectivity index (χ3n) is 1.44. The predicted molar refractivity (Wildman–Crippen MR) is 39.6 cm³/mol. The van der Waals surface area contributed by atoms with Crippen molar-refractivity contribution in [3.8, 4) is 0 Å². The molecule has 0 aromatic carbocycles. The predicted octanol–water partition coefficient (Wildman–Crippen LogP) is 1.52. The average molecular weight is 191 g/mol. The highest BCUT2D eigenvalue weighted by molar-refractivity contribution is 5.11. The number of hydrogen-bond acceptors (Lipinski definition) is 3. The van der Waals surface area contributed by atoms with Crippen molar-refractivity contribution in [1.82, 2.24) is 10.2 Å². The highest BCUT2D eigenvalue weighted by Gasteiger charge is 2.32. The Kier molecular flexibility index (Phi) is 2.51. The Labute approximate surface area is 72.8 Å². The van der Waals surface area contributed by atoms with Crippen molar-refractivity contribution in [2.75, 3.05) is 0 Å². The lowest BCUT2D eigenvalue weighted by molar-refractivity contribution is -0.141. The van der Waals surface area contributed by atoms with Crippen LogP contribution in [0.3, 0.4) is 0 Å². The van der Waals surface area contributed by atoms with Crippen LogP contribution in [0.2, 0.25) is 0 Å². The van der Waals surface area contributed by atoms with Crippen LogP contribution in [0.1, 0.15) is 24.4 Å². The maximum atomic E-state index is 12.0. The Morgan fingerprint density at radius 1 is 1.31 bits per heavy atom. The van der Waals surface area contributed by atoms with E-state index >= 15 is 0 Å². The molecule has 6 heteroatoms. The van der Waals surface area contributed by atoms with Crippen LogP contribution in [0, 0.1) is 0 Å². The minimum atomic E-state index is -4.44. The van der Waals surface area contributed by atoms with Gasteiger partial charge in [-0.1, -0.05) is 0 Å². The first-order chi connectivity index (χ1) is 5.91. The maximum Gasteiger partial charge on any atom is 0.435 e. The Morgan fingerprint density at radius 2 is 1.92 bits per heavy atom. The van der Waals surface area contributed by atoms with E-state index in [1.807, 2.05) is 0 Å². The van der Waals surface area contributed by atoms with Crippen molar-refractivity contribution >= 4 is 0 Å². The third-order valence-corrected chi connectivity index (χ3v) is 1.44. The summed E-state index contributed by atoms with van der Waals surface area (Å²) in [6.45, 7) is 1.62. The summed E-state index contributed by atoms with van der Waals surface area (Å²) < 4.78 is 36.0. The van der Waals surface area contributed by atoms with Crippen LogP contribution in [-0.4, -0.2) is 10.2 Å². The summed E-state index contributed by atoms with van der Waals surface area (Å²) >= 11 is 0. The number of hydrogen-bond donors (Lipinski definition) is 1. The van der Waals surface area contributed by atoms with Crippen LogP contribution in [-0.2, 0) is 6.18 Å². The van der Waals surface area contributed by atoms with Gasteiger partial charge < -0.3 is 5.73 Å².